The van der Waals surface area contributed by atoms with Crippen molar-refractivity contribution in [1.82, 2.24) is 9.80 Å². The normalized spacial score (nSPS) is 14.1. The van der Waals surface area contributed by atoms with Gasteiger partial charge in [0.25, 0.3) is 11.8 Å². The Morgan fingerprint density at radius 2 is 1.56 bits per heavy atom. The average molecular weight is 465 g/mol. The number of amides is 4. The molecule has 0 unspecified atom stereocenters. The zero-order chi connectivity index (χ0) is 23.7. The molecule has 0 radical (unpaired) electrons. The fourth-order valence-corrected chi connectivity index (χ4v) is 3.06. The van der Waals surface area contributed by atoms with Crippen LogP contribution < -0.4 is 9.47 Å². The molecule has 3 rings (SSSR count). The second-order valence-corrected chi connectivity index (χ2v) is 7.02. The monoisotopic (exact) mass is 464 g/mol. The third-order valence-electron chi connectivity index (χ3n) is 4.58. The number of nitrogens with zero attached hydrogens (tertiary/aromatic N) is 2. The highest BCUT2D eigenvalue weighted by Crippen LogP contribution is 2.31. The van der Waals surface area contributed by atoms with Crippen LogP contribution in [0.15, 0.2) is 35.9 Å². The second-order valence-electron chi connectivity index (χ2n) is 6.61. The van der Waals surface area contributed by atoms with Crippen LogP contribution in [-0.2, 0) is 9.59 Å². The first kappa shape index (κ1) is 22.9. The standard InChI is InChI=1S/C21H15ClF2N2O6/c1-25-18(27)12(19(28)26(2)21(25)30)6-10-4-5-16(17(7-10)31-3)32-20(29)11-8-14(23)15(24)9-13(11)22/h4-9H,1-3H3. The summed E-state index contributed by atoms with van der Waals surface area (Å²) in [6.07, 6.45) is 1.25. The Morgan fingerprint density at radius 3 is 2.16 bits per heavy atom. The van der Waals surface area contributed by atoms with E-state index >= 15 is 0 Å². The molecule has 8 nitrogen and oxygen atoms in total. The van der Waals surface area contributed by atoms with Crippen molar-refractivity contribution in [3.63, 3.8) is 0 Å². The van der Waals surface area contributed by atoms with Crippen molar-refractivity contribution in [3.05, 3.63) is 63.7 Å². The van der Waals surface area contributed by atoms with Crippen LogP contribution in [0, 0.1) is 11.6 Å². The highest BCUT2D eigenvalue weighted by atomic mass is 35.5. The summed E-state index contributed by atoms with van der Waals surface area (Å²) in [4.78, 5) is 50.4. The van der Waals surface area contributed by atoms with Gasteiger partial charge in [-0.05, 0) is 35.9 Å². The molecule has 0 spiro atoms. The van der Waals surface area contributed by atoms with Gasteiger partial charge >= 0.3 is 12.0 Å². The number of esters is 1. The summed E-state index contributed by atoms with van der Waals surface area (Å²) in [5, 5.41) is -0.341. The van der Waals surface area contributed by atoms with Crippen LogP contribution in [0.25, 0.3) is 6.08 Å². The second kappa shape index (κ2) is 8.75. The minimum absolute atomic E-state index is 0.0416. The van der Waals surface area contributed by atoms with E-state index in [0.717, 1.165) is 9.80 Å². The molecule has 1 saturated heterocycles. The molecular formula is C21H15ClF2N2O6. The van der Waals surface area contributed by atoms with Crippen molar-refractivity contribution in [2.75, 3.05) is 21.2 Å². The number of carbonyl (C=O) groups is 4. The van der Waals surface area contributed by atoms with E-state index in [1.807, 2.05) is 0 Å². The number of halogens is 3. The Morgan fingerprint density at radius 1 is 0.969 bits per heavy atom. The van der Waals surface area contributed by atoms with Gasteiger partial charge in [-0.1, -0.05) is 17.7 Å². The van der Waals surface area contributed by atoms with Crippen LogP contribution in [-0.4, -0.2) is 54.8 Å². The van der Waals surface area contributed by atoms with Crippen molar-refractivity contribution in [2.45, 2.75) is 0 Å². The number of hydrogen-bond donors (Lipinski definition) is 0. The molecule has 2 aromatic rings. The van der Waals surface area contributed by atoms with Gasteiger partial charge in [0.2, 0.25) is 0 Å². The van der Waals surface area contributed by atoms with E-state index in [0.29, 0.717) is 17.7 Å². The van der Waals surface area contributed by atoms with Crippen molar-refractivity contribution >= 4 is 41.5 Å². The van der Waals surface area contributed by atoms with Crippen molar-refractivity contribution < 1.29 is 37.4 Å². The summed E-state index contributed by atoms with van der Waals surface area (Å²) < 4.78 is 37.0. The zero-order valence-corrected chi connectivity index (χ0v) is 17.7. The molecule has 0 N–H and O–H groups in total. The fourth-order valence-electron chi connectivity index (χ4n) is 2.83. The molecule has 1 heterocycles. The molecule has 1 fully saturated rings. The van der Waals surface area contributed by atoms with Crippen LogP contribution in [0.1, 0.15) is 15.9 Å². The number of rotatable bonds is 4. The highest BCUT2D eigenvalue weighted by Gasteiger charge is 2.37. The van der Waals surface area contributed by atoms with E-state index < -0.39 is 41.0 Å². The average Bonchev–Trinajstić information content (AvgIpc) is 2.77. The topological polar surface area (TPSA) is 93.2 Å². The van der Waals surface area contributed by atoms with Crippen molar-refractivity contribution in [3.8, 4) is 11.5 Å². The predicted octanol–water partition coefficient (Wildman–Crippen LogP) is 3.28. The first-order chi connectivity index (χ1) is 15.0. The van der Waals surface area contributed by atoms with E-state index in [4.69, 9.17) is 21.1 Å². The van der Waals surface area contributed by atoms with E-state index in [1.165, 1.54) is 45.5 Å². The molecule has 4 amide bonds. The Labute approximate surface area is 185 Å². The molecule has 0 atom stereocenters. The summed E-state index contributed by atoms with van der Waals surface area (Å²) in [6.45, 7) is 0. The molecule has 0 bridgehead atoms. The van der Waals surface area contributed by atoms with Gasteiger partial charge in [0, 0.05) is 14.1 Å². The Hall–Kier alpha value is -3.79. The van der Waals surface area contributed by atoms with Crippen LogP contribution >= 0.6 is 11.6 Å². The summed E-state index contributed by atoms with van der Waals surface area (Å²) in [5.41, 5.74) is -0.316. The zero-order valence-electron chi connectivity index (χ0n) is 16.9. The van der Waals surface area contributed by atoms with Gasteiger partial charge in [-0.15, -0.1) is 0 Å². The number of methoxy groups -OCH3 is 1. The molecule has 166 valence electrons. The first-order valence-electron chi connectivity index (χ1n) is 8.91. The Balaban J connectivity index is 1.91. The predicted molar refractivity (Wildman–Crippen MR) is 108 cm³/mol. The lowest BCUT2D eigenvalue weighted by Gasteiger charge is -2.28. The van der Waals surface area contributed by atoms with Gasteiger partial charge < -0.3 is 9.47 Å². The number of carbonyl (C=O) groups excluding carboxylic acids is 4. The maximum absolute atomic E-state index is 13.5. The number of urea groups is 1. The molecule has 1 aliphatic rings. The van der Waals surface area contributed by atoms with Crippen LogP contribution in [0.4, 0.5) is 13.6 Å². The molecule has 32 heavy (non-hydrogen) atoms. The van der Waals surface area contributed by atoms with Gasteiger partial charge in [0.15, 0.2) is 23.1 Å². The molecule has 11 heteroatoms. The Bertz CT molecular complexity index is 1170. The molecule has 1 aliphatic heterocycles. The lowest BCUT2D eigenvalue weighted by atomic mass is 10.1. The smallest absolute Gasteiger partial charge is 0.345 e. The number of imide groups is 2. The van der Waals surface area contributed by atoms with Crippen LogP contribution in [0.5, 0.6) is 11.5 Å². The van der Waals surface area contributed by atoms with Crippen LogP contribution in [0.2, 0.25) is 5.02 Å². The maximum atomic E-state index is 13.5. The lowest BCUT2D eigenvalue weighted by molar-refractivity contribution is -0.134. The van der Waals surface area contributed by atoms with Crippen LogP contribution in [0.3, 0.4) is 0 Å². The van der Waals surface area contributed by atoms with Gasteiger partial charge in [0.05, 0.1) is 17.7 Å². The molecule has 0 saturated carbocycles. The number of barbiturate groups is 1. The third-order valence-corrected chi connectivity index (χ3v) is 4.89. The minimum atomic E-state index is -1.27. The molecule has 2 aromatic carbocycles. The minimum Gasteiger partial charge on any atom is -0.493 e. The van der Waals surface area contributed by atoms with Crippen molar-refractivity contribution in [2.24, 2.45) is 0 Å². The van der Waals surface area contributed by atoms with Crippen molar-refractivity contribution in [1.29, 1.82) is 0 Å². The van der Waals surface area contributed by atoms with E-state index in [9.17, 15) is 28.0 Å². The largest absolute Gasteiger partial charge is 0.493 e. The van der Waals surface area contributed by atoms with E-state index in [-0.39, 0.29) is 22.1 Å². The Kier molecular flexibility index (Phi) is 6.26. The third kappa shape index (κ3) is 4.17. The van der Waals surface area contributed by atoms with Gasteiger partial charge in [-0.2, -0.15) is 0 Å². The van der Waals surface area contributed by atoms with E-state index in [1.54, 1.807) is 0 Å². The SMILES string of the molecule is COc1cc(C=C2C(=O)N(C)C(=O)N(C)C2=O)ccc1OC(=O)c1cc(F)c(F)cc1Cl. The highest BCUT2D eigenvalue weighted by molar-refractivity contribution is 6.33. The first-order valence-corrected chi connectivity index (χ1v) is 9.29. The number of hydrogen-bond acceptors (Lipinski definition) is 6. The van der Waals surface area contributed by atoms with Gasteiger partial charge in [0.1, 0.15) is 5.57 Å². The summed E-state index contributed by atoms with van der Waals surface area (Å²) in [6, 6.07) is 4.61. The molecule has 0 aliphatic carbocycles. The van der Waals surface area contributed by atoms with Gasteiger partial charge in [-0.25, -0.2) is 18.4 Å². The fraction of sp³-hybridized carbons (Fsp3) is 0.143. The molecule has 0 aromatic heterocycles. The number of ether oxygens (including phenoxy) is 2. The number of likely N-dealkylation sites (N-methyl/N-ethyl adjacent to an activating group) is 2. The molecular weight excluding hydrogens is 450 g/mol. The number of benzene rings is 2. The summed E-state index contributed by atoms with van der Waals surface area (Å²) in [5.74, 6) is -5.14. The summed E-state index contributed by atoms with van der Waals surface area (Å²) in [7, 11) is 3.77. The van der Waals surface area contributed by atoms with E-state index in [2.05, 4.69) is 0 Å². The van der Waals surface area contributed by atoms with Gasteiger partial charge in [-0.3, -0.25) is 19.4 Å². The quantitative estimate of drug-likeness (QED) is 0.227. The lowest BCUT2D eigenvalue weighted by Crippen LogP contribution is -2.52. The summed E-state index contributed by atoms with van der Waals surface area (Å²) >= 11 is 5.79. The maximum Gasteiger partial charge on any atom is 0.345 e.